The molecule has 0 spiro atoms. The fourth-order valence-electron chi connectivity index (χ4n) is 2.40. The third-order valence-corrected chi connectivity index (χ3v) is 3.71. The van der Waals surface area contributed by atoms with Crippen molar-refractivity contribution in [3.8, 4) is 11.1 Å². The SMILES string of the molecule is CNC(Cc1ccc(-c2ccccc2)cc1C)C(C)=O. The summed E-state index contributed by atoms with van der Waals surface area (Å²) in [4.78, 5) is 11.5. The second-order valence-corrected chi connectivity index (χ2v) is 5.16. The summed E-state index contributed by atoms with van der Waals surface area (Å²) in [6.45, 7) is 3.74. The van der Waals surface area contributed by atoms with E-state index < -0.39 is 0 Å². The molecule has 1 atom stereocenters. The number of hydrogen-bond acceptors (Lipinski definition) is 2. The van der Waals surface area contributed by atoms with Gasteiger partial charge in [0, 0.05) is 0 Å². The molecule has 0 saturated heterocycles. The van der Waals surface area contributed by atoms with E-state index in [2.05, 4.69) is 42.6 Å². The first-order valence-electron chi connectivity index (χ1n) is 6.94. The number of ketones is 1. The second kappa shape index (κ2) is 6.49. The van der Waals surface area contributed by atoms with Gasteiger partial charge < -0.3 is 5.32 Å². The van der Waals surface area contributed by atoms with Crippen molar-refractivity contribution in [3.63, 3.8) is 0 Å². The molecule has 0 aromatic heterocycles. The molecule has 0 aliphatic carbocycles. The highest BCUT2D eigenvalue weighted by Crippen LogP contribution is 2.22. The van der Waals surface area contributed by atoms with Crippen molar-refractivity contribution in [1.82, 2.24) is 5.32 Å². The van der Waals surface area contributed by atoms with Gasteiger partial charge in [-0.15, -0.1) is 0 Å². The van der Waals surface area contributed by atoms with Gasteiger partial charge in [0.25, 0.3) is 0 Å². The van der Waals surface area contributed by atoms with Crippen LogP contribution in [0.3, 0.4) is 0 Å². The number of Topliss-reactive ketones (excluding diaryl/α,β-unsaturated/α-hetero) is 1. The first-order chi connectivity index (χ1) is 9.61. The summed E-state index contributed by atoms with van der Waals surface area (Å²) >= 11 is 0. The molecule has 2 nitrogen and oxygen atoms in total. The number of hydrogen-bond donors (Lipinski definition) is 1. The molecule has 2 aromatic rings. The average molecular weight is 267 g/mol. The number of rotatable bonds is 5. The fraction of sp³-hybridized carbons (Fsp3) is 0.278. The van der Waals surface area contributed by atoms with Crippen molar-refractivity contribution < 1.29 is 4.79 Å². The van der Waals surface area contributed by atoms with E-state index in [4.69, 9.17) is 0 Å². The van der Waals surface area contributed by atoms with Crippen LogP contribution in [0.2, 0.25) is 0 Å². The van der Waals surface area contributed by atoms with Gasteiger partial charge in [-0.05, 0) is 49.6 Å². The largest absolute Gasteiger partial charge is 0.310 e. The van der Waals surface area contributed by atoms with Crippen molar-refractivity contribution in [2.24, 2.45) is 0 Å². The van der Waals surface area contributed by atoms with Gasteiger partial charge in [-0.25, -0.2) is 0 Å². The summed E-state index contributed by atoms with van der Waals surface area (Å²) in [5.41, 5.74) is 4.89. The summed E-state index contributed by atoms with van der Waals surface area (Å²) in [6.07, 6.45) is 0.743. The first kappa shape index (κ1) is 14.5. The van der Waals surface area contributed by atoms with Crippen LogP contribution in [0.15, 0.2) is 48.5 Å². The summed E-state index contributed by atoms with van der Waals surface area (Å²) < 4.78 is 0. The van der Waals surface area contributed by atoms with Crippen molar-refractivity contribution in [3.05, 3.63) is 59.7 Å². The zero-order valence-corrected chi connectivity index (χ0v) is 12.3. The third-order valence-electron chi connectivity index (χ3n) is 3.71. The number of carbonyl (C=O) groups is 1. The van der Waals surface area contributed by atoms with Crippen LogP contribution < -0.4 is 5.32 Å². The molecule has 0 aliphatic heterocycles. The zero-order chi connectivity index (χ0) is 14.5. The molecule has 2 rings (SSSR count). The molecule has 0 heterocycles. The quantitative estimate of drug-likeness (QED) is 0.899. The lowest BCUT2D eigenvalue weighted by molar-refractivity contribution is -0.118. The van der Waals surface area contributed by atoms with Gasteiger partial charge in [-0.1, -0.05) is 48.5 Å². The Bertz CT molecular complexity index is 590. The molecule has 0 saturated carbocycles. The Kier molecular flexibility index (Phi) is 4.70. The van der Waals surface area contributed by atoms with Crippen molar-refractivity contribution in [2.45, 2.75) is 26.3 Å². The van der Waals surface area contributed by atoms with Gasteiger partial charge in [0.2, 0.25) is 0 Å². The van der Waals surface area contributed by atoms with Crippen LogP contribution in [0.1, 0.15) is 18.1 Å². The van der Waals surface area contributed by atoms with Gasteiger partial charge in [0.1, 0.15) is 5.78 Å². The summed E-state index contributed by atoms with van der Waals surface area (Å²) in [5, 5.41) is 3.07. The zero-order valence-electron chi connectivity index (χ0n) is 12.3. The van der Waals surface area contributed by atoms with Gasteiger partial charge in [0.15, 0.2) is 0 Å². The van der Waals surface area contributed by atoms with Crippen LogP contribution in [0.4, 0.5) is 0 Å². The molecule has 0 aliphatic rings. The Hall–Kier alpha value is -1.93. The highest BCUT2D eigenvalue weighted by atomic mass is 16.1. The van der Waals surface area contributed by atoms with E-state index in [0.29, 0.717) is 0 Å². The Labute approximate surface area is 120 Å². The molecule has 0 fully saturated rings. The lowest BCUT2D eigenvalue weighted by atomic mass is 9.95. The van der Waals surface area contributed by atoms with E-state index in [1.807, 2.05) is 25.2 Å². The molecule has 2 aromatic carbocycles. The Balaban J connectivity index is 2.24. The van der Waals surface area contributed by atoms with E-state index >= 15 is 0 Å². The molecule has 1 unspecified atom stereocenters. The smallest absolute Gasteiger partial charge is 0.147 e. The molecule has 0 amide bonds. The highest BCUT2D eigenvalue weighted by molar-refractivity contribution is 5.81. The second-order valence-electron chi connectivity index (χ2n) is 5.16. The number of likely N-dealkylation sites (N-methyl/N-ethyl adjacent to an activating group) is 1. The number of benzene rings is 2. The third kappa shape index (κ3) is 3.34. The van der Waals surface area contributed by atoms with E-state index in [0.717, 1.165) is 6.42 Å². The van der Waals surface area contributed by atoms with E-state index in [1.165, 1.54) is 22.3 Å². The average Bonchev–Trinajstić information content (AvgIpc) is 2.46. The molecule has 0 bridgehead atoms. The lowest BCUT2D eigenvalue weighted by Gasteiger charge is -2.15. The van der Waals surface area contributed by atoms with Crippen LogP contribution in [0.5, 0.6) is 0 Å². The maximum Gasteiger partial charge on any atom is 0.147 e. The van der Waals surface area contributed by atoms with Crippen LogP contribution in [0.25, 0.3) is 11.1 Å². The lowest BCUT2D eigenvalue weighted by Crippen LogP contribution is -2.34. The monoisotopic (exact) mass is 267 g/mol. The minimum Gasteiger partial charge on any atom is -0.310 e. The predicted octanol–water partition coefficient (Wildman–Crippen LogP) is 3.38. The Morgan fingerprint density at radius 2 is 1.80 bits per heavy atom. The molecule has 104 valence electrons. The van der Waals surface area contributed by atoms with Crippen LogP contribution >= 0.6 is 0 Å². The topological polar surface area (TPSA) is 29.1 Å². The Morgan fingerprint density at radius 1 is 1.10 bits per heavy atom. The van der Waals surface area contributed by atoms with Crippen molar-refractivity contribution in [2.75, 3.05) is 7.05 Å². The molecule has 20 heavy (non-hydrogen) atoms. The molecule has 2 heteroatoms. The fourth-order valence-corrected chi connectivity index (χ4v) is 2.40. The minimum atomic E-state index is -0.101. The minimum absolute atomic E-state index is 0.101. The van der Waals surface area contributed by atoms with Gasteiger partial charge in [-0.2, -0.15) is 0 Å². The molecule has 1 N–H and O–H groups in total. The standard InChI is InChI=1S/C18H21NO/c1-13-11-17(15-7-5-4-6-8-15)10-9-16(13)12-18(19-3)14(2)20/h4-11,18-19H,12H2,1-3H3. The number of nitrogens with one attached hydrogen (secondary N) is 1. The first-order valence-corrected chi connectivity index (χ1v) is 6.94. The van der Waals surface area contributed by atoms with Gasteiger partial charge >= 0.3 is 0 Å². The van der Waals surface area contributed by atoms with Crippen LogP contribution in [0, 0.1) is 6.92 Å². The molecule has 0 radical (unpaired) electrons. The number of aryl methyl sites for hydroxylation is 1. The van der Waals surface area contributed by atoms with E-state index in [1.54, 1.807) is 6.92 Å². The predicted molar refractivity (Wildman–Crippen MR) is 83.8 cm³/mol. The summed E-state index contributed by atoms with van der Waals surface area (Å²) in [5.74, 6) is 0.180. The van der Waals surface area contributed by atoms with Crippen molar-refractivity contribution >= 4 is 5.78 Å². The summed E-state index contributed by atoms with van der Waals surface area (Å²) in [7, 11) is 1.83. The molecular formula is C18H21NO. The molecular weight excluding hydrogens is 246 g/mol. The van der Waals surface area contributed by atoms with Gasteiger partial charge in [-0.3, -0.25) is 4.79 Å². The Morgan fingerprint density at radius 3 is 2.35 bits per heavy atom. The summed E-state index contributed by atoms with van der Waals surface area (Å²) in [6, 6.07) is 16.7. The van der Waals surface area contributed by atoms with E-state index in [9.17, 15) is 4.79 Å². The van der Waals surface area contributed by atoms with E-state index in [-0.39, 0.29) is 11.8 Å². The maximum atomic E-state index is 11.5. The van der Waals surface area contributed by atoms with Crippen LogP contribution in [-0.4, -0.2) is 18.9 Å². The normalized spacial score (nSPS) is 12.2. The van der Waals surface area contributed by atoms with Crippen LogP contribution in [-0.2, 0) is 11.2 Å². The highest BCUT2D eigenvalue weighted by Gasteiger charge is 2.13. The van der Waals surface area contributed by atoms with Crippen molar-refractivity contribution in [1.29, 1.82) is 0 Å². The maximum absolute atomic E-state index is 11.5. The van der Waals surface area contributed by atoms with Gasteiger partial charge in [0.05, 0.1) is 6.04 Å². The number of carbonyl (C=O) groups excluding carboxylic acids is 1.